The summed E-state index contributed by atoms with van der Waals surface area (Å²) >= 11 is 0. The topological polar surface area (TPSA) is 120 Å². The van der Waals surface area contributed by atoms with E-state index in [0.717, 1.165) is 15.6 Å². The molecule has 0 unspecified atom stereocenters. The third kappa shape index (κ3) is 3.89. The molecule has 3 rings (SSSR count). The molecule has 3 aromatic rings. The first-order valence-corrected chi connectivity index (χ1v) is 10.1. The lowest BCUT2D eigenvalue weighted by Crippen LogP contribution is -2.14. The van der Waals surface area contributed by atoms with Gasteiger partial charge in [-0.15, -0.1) is 0 Å². The van der Waals surface area contributed by atoms with Crippen molar-refractivity contribution in [2.45, 2.75) is 31.7 Å². The maximum atomic E-state index is 13.1. The molecule has 3 N–H and O–H groups in total. The van der Waals surface area contributed by atoms with Crippen molar-refractivity contribution < 1.29 is 13.2 Å². The number of aromatic nitrogens is 3. The van der Waals surface area contributed by atoms with Crippen molar-refractivity contribution >= 4 is 39.0 Å². The number of carbonyl (C=O) groups is 1. The Hall–Kier alpha value is -3.20. The lowest BCUT2D eigenvalue weighted by molar-refractivity contribution is -0.113. The average molecular weight is 399 g/mol. The number of anilines is 1. The maximum Gasteiger partial charge on any atom is 0.269 e. The largest absolute Gasteiger partial charge is 0.367 e. The van der Waals surface area contributed by atoms with Crippen LogP contribution in [0.15, 0.2) is 47.6 Å². The molecule has 0 saturated heterocycles. The van der Waals surface area contributed by atoms with Gasteiger partial charge >= 0.3 is 0 Å². The number of rotatable bonds is 6. The summed E-state index contributed by atoms with van der Waals surface area (Å²) in [4.78, 5) is 20.0. The van der Waals surface area contributed by atoms with Gasteiger partial charge in [-0.05, 0) is 39.0 Å². The summed E-state index contributed by atoms with van der Waals surface area (Å²) in [5.74, 6) is -0.145. The Bertz CT molecular complexity index is 1160. The van der Waals surface area contributed by atoms with E-state index in [1.807, 2.05) is 20.8 Å². The van der Waals surface area contributed by atoms with Gasteiger partial charge in [0.25, 0.3) is 10.0 Å². The summed E-state index contributed by atoms with van der Waals surface area (Å²) in [6.45, 7) is 5.78. The minimum atomic E-state index is -3.89. The van der Waals surface area contributed by atoms with Gasteiger partial charge in [0.2, 0.25) is 5.91 Å². The molecule has 0 aliphatic carbocycles. The lowest BCUT2D eigenvalue weighted by Gasteiger charge is -2.09. The van der Waals surface area contributed by atoms with Crippen LogP contribution in [-0.2, 0) is 14.8 Å². The first-order valence-electron chi connectivity index (χ1n) is 8.63. The van der Waals surface area contributed by atoms with Crippen molar-refractivity contribution in [3.05, 3.63) is 53.9 Å². The third-order valence-electron chi connectivity index (χ3n) is 3.93. The molecular formula is C19H21N5O3S. The summed E-state index contributed by atoms with van der Waals surface area (Å²) in [7, 11) is -3.89. The highest BCUT2D eigenvalue weighted by Crippen LogP contribution is 2.25. The number of nitrogens with zero attached hydrogens (tertiary/aromatic N) is 3. The quantitative estimate of drug-likeness (QED) is 0.614. The fourth-order valence-electron chi connectivity index (χ4n) is 2.65. The van der Waals surface area contributed by atoms with Crippen LogP contribution >= 0.6 is 0 Å². The molecule has 0 aliphatic rings. The van der Waals surface area contributed by atoms with Crippen LogP contribution in [0.5, 0.6) is 0 Å². The van der Waals surface area contributed by atoms with Crippen LogP contribution in [0.1, 0.15) is 25.0 Å². The number of amides is 1. The van der Waals surface area contributed by atoms with Gasteiger partial charge < -0.3 is 11.1 Å². The summed E-state index contributed by atoms with van der Waals surface area (Å²) in [6.07, 6.45) is 5.45. The Morgan fingerprint density at radius 1 is 1.25 bits per heavy atom. The van der Waals surface area contributed by atoms with Crippen LogP contribution in [0.4, 0.5) is 5.82 Å². The molecule has 9 heteroatoms. The zero-order chi connectivity index (χ0) is 20.5. The van der Waals surface area contributed by atoms with Gasteiger partial charge in [0.15, 0.2) is 5.65 Å². The summed E-state index contributed by atoms with van der Waals surface area (Å²) < 4.78 is 27.3. The number of fused-ring (bicyclic) bond motifs is 1. The second-order valence-electron chi connectivity index (χ2n) is 6.66. The van der Waals surface area contributed by atoms with Crippen molar-refractivity contribution in [2.75, 3.05) is 5.32 Å². The van der Waals surface area contributed by atoms with Crippen molar-refractivity contribution in [1.29, 1.82) is 0 Å². The highest BCUT2D eigenvalue weighted by molar-refractivity contribution is 7.90. The van der Waals surface area contributed by atoms with Gasteiger partial charge in [-0.1, -0.05) is 17.7 Å². The number of nitrogens with two attached hydrogens (primary N) is 1. The smallest absolute Gasteiger partial charge is 0.269 e. The van der Waals surface area contributed by atoms with E-state index in [-0.39, 0.29) is 16.6 Å². The molecule has 146 valence electrons. The molecular weight excluding hydrogens is 378 g/mol. The Labute approximate surface area is 163 Å². The monoisotopic (exact) mass is 399 g/mol. The van der Waals surface area contributed by atoms with Gasteiger partial charge in [-0.25, -0.2) is 22.4 Å². The van der Waals surface area contributed by atoms with Crippen LogP contribution in [0.2, 0.25) is 0 Å². The Morgan fingerprint density at radius 3 is 2.54 bits per heavy atom. The normalized spacial score (nSPS) is 12.1. The standard InChI is InChI=1S/C19H21N5O3S/c1-12(2)22-17-10-21-19-18(23-17)14(6-9-16(20)25)11-24(19)28(26,27)15-7-4-13(3)5-8-15/h4-12H,1-3H3,(H2,20,25)(H,22,23). The molecule has 0 fully saturated rings. The molecule has 0 aliphatic heterocycles. The molecule has 0 atom stereocenters. The lowest BCUT2D eigenvalue weighted by atomic mass is 10.2. The second-order valence-corrected chi connectivity index (χ2v) is 8.48. The van der Waals surface area contributed by atoms with E-state index in [1.54, 1.807) is 12.1 Å². The highest BCUT2D eigenvalue weighted by atomic mass is 32.2. The zero-order valence-corrected chi connectivity index (χ0v) is 16.6. The van der Waals surface area contributed by atoms with Crippen molar-refractivity contribution in [3.8, 4) is 0 Å². The van der Waals surface area contributed by atoms with Crippen LogP contribution < -0.4 is 11.1 Å². The summed E-state index contributed by atoms with van der Waals surface area (Å²) in [6, 6.07) is 6.65. The molecule has 8 nitrogen and oxygen atoms in total. The number of benzene rings is 1. The molecule has 0 spiro atoms. The number of hydrogen-bond acceptors (Lipinski definition) is 6. The van der Waals surface area contributed by atoms with Gasteiger partial charge in [-0.2, -0.15) is 0 Å². The van der Waals surface area contributed by atoms with Gasteiger partial charge in [0, 0.05) is 23.9 Å². The van der Waals surface area contributed by atoms with Crippen LogP contribution in [0.25, 0.3) is 17.2 Å². The van der Waals surface area contributed by atoms with Gasteiger partial charge in [0.05, 0.1) is 11.1 Å². The molecule has 2 aromatic heterocycles. The third-order valence-corrected chi connectivity index (χ3v) is 5.60. The molecule has 1 aromatic carbocycles. The van der Waals surface area contributed by atoms with Crippen molar-refractivity contribution in [3.63, 3.8) is 0 Å². The number of nitrogens with one attached hydrogen (secondary N) is 1. The van der Waals surface area contributed by atoms with Crippen molar-refractivity contribution in [2.24, 2.45) is 5.73 Å². The Morgan fingerprint density at radius 2 is 1.93 bits per heavy atom. The minimum absolute atomic E-state index is 0.120. The average Bonchev–Trinajstić information content (AvgIpc) is 2.98. The predicted molar refractivity (Wildman–Crippen MR) is 108 cm³/mol. The van der Waals surface area contributed by atoms with E-state index in [4.69, 9.17) is 5.73 Å². The van der Waals surface area contributed by atoms with Crippen LogP contribution in [-0.4, -0.2) is 34.3 Å². The van der Waals surface area contributed by atoms with Crippen molar-refractivity contribution in [1.82, 2.24) is 13.9 Å². The molecule has 0 saturated carbocycles. The first-order chi connectivity index (χ1) is 13.2. The molecule has 0 bridgehead atoms. The second kappa shape index (κ2) is 7.43. The maximum absolute atomic E-state index is 13.1. The van der Waals surface area contributed by atoms with E-state index in [9.17, 15) is 13.2 Å². The predicted octanol–water partition coefficient (Wildman–Crippen LogP) is 2.30. The number of primary amides is 1. The molecule has 1 amide bonds. The SMILES string of the molecule is Cc1ccc(S(=O)(=O)n2cc(C=CC(N)=O)c3nc(NC(C)C)cnc32)cc1. The van der Waals surface area contributed by atoms with E-state index < -0.39 is 15.9 Å². The number of aryl methyl sites for hydroxylation is 1. The van der Waals surface area contributed by atoms with E-state index in [1.165, 1.54) is 30.6 Å². The first kappa shape index (κ1) is 19.6. The fraction of sp³-hybridized carbons (Fsp3) is 0.211. The molecule has 0 radical (unpaired) electrons. The van der Waals surface area contributed by atoms with Crippen LogP contribution in [0, 0.1) is 6.92 Å². The van der Waals surface area contributed by atoms with E-state index in [0.29, 0.717) is 16.9 Å². The van der Waals surface area contributed by atoms with Gasteiger partial charge in [0.1, 0.15) is 11.3 Å². The Kier molecular flexibility index (Phi) is 5.19. The van der Waals surface area contributed by atoms with Gasteiger partial charge in [-0.3, -0.25) is 4.79 Å². The highest BCUT2D eigenvalue weighted by Gasteiger charge is 2.22. The van der Waals surface area contributed by atoms with E-state index >= 15 is 0 Å². The fourth-order valence-corrected chi connectivity index (χ4v) is 3.97. The van der Waals surface area contributed by atoms with Crippen LogP contribution in [0.3, 0.4) is 0 Å². The molecule has 28 heavy (non-hydrogen) atoms. The Balaban J connectivity index is 2.22. The van der Waals surface area contributed by atoms with E-state index in [2.05, 4.69) is 15.3 Å². The summed E-state index contributed by atoms with van der Waals surface area (Å²) in [5.41, 5.74) is 7.06. The molecule has 2 heterocycles. The minimum Gasteiger partial charge on any atom is -0.367 e. The zero-order valence-electron chi connectivity index (χ0n) is 15.7. The number of carbonyl (C=O) groups excluding carboxylic acids is 1. The summed E-state index contributed by atoms with van der Waals surface area (Å²) in [5, 5.41) is 3.13. The number of hydrogen-bond donors (Lipinski definition) is 2.